The number of aliphatic hydroxyl groups is 2. The average molecular weight is 385 g/mol. The van der Waals surface area contributed by atoms with Crippen LogP contribution in [0.25, 0.3) is 0 Å². The number of benzene rings is 2. The summed E-state index contributed by atoms with van der Waals surface area (Å²) in [6.07, 6.45) is 2.12. The van der Waals surface area contributed by atoms with E-state index in [1.54, 1.807) is 24.3 Å². The molecule has 1 heterocycles. The minimum absolute atomic E-state index is 0.0255. The van der Waals surface area contributed by atoms with Gasteiger partial charge in [0, 0.05) is 32.0 Å². The van der Waals surface area contributed by atoms with E-state index < -0.39 is 5.60 Å². The third-order valence-electron chi connectivity index (χ3n) is 6.45. The van der Waals surface area contributed by atoms with Gasteiger partial charge < -0.3 is 20.2 Å². The Morgan fingerprint density at radius 2 is 1.61 bits per heavy atom. The summed E-state index contributed by atoms with van der Waals surface area (Å²) in [5.74, 6) is 0.935. The average Bonchev–Trinajstić information content (AvgIpc) is 3.16. The Bertz CT molecular complexity index is 778. The molecule has 1 aliphatic carbocycles. The monoisotopic (exact) mass is 385 g/mol. The quantitative estimate of drug-likeness (QED) is 0.716. The summed E-state index contributed by atoms with van der Waals surface area (Å²) in [4.78, 5) is 2.39. The first kappa shape index (κ1) is 19.4. The van der Waals surface area contributed by atoms with Gasteiger partial charge in [-0.2, -0.15) is 0 Å². The minimum atomic E-state index is -0.702. The molecule has 3 N–H and O–H groups in total. The molecule has 2 fully saturated rings. The summed E-state index contributed by atoms with van der Waals surface area (Å²) in [5.41, 5.74) is 1.31. The fourth-order valence-corrected chi connectivity index (χ4v) is 5.16. The molecule has 0 unspecified atom stereocenters. The second-order valence-corrected chi connectivity index (χ2v) is 8.65. The molecule has 0 amide bonds. The van der Waals surface area contributed by atoms with Crippen LogP contribution < -0.4 is 0 Å². The summed E-state index contributed by atoms with van der Waals surface area (Å²) in [7, 11) is 0. The first-order valence-electron chi connectivity index (χ1n) is 10.0. The number of aromatic hydroxyl groups is 1. The fraction of sp³-hybridized carbons (Fsp3) is 0.478. The van der Waals surface area contributed by atoms with Crippen molar-refractivity contribution < 1.29 is 19.7 Å². The molecule has 4 rings (SSSR count). The molecule has 1 saturated heterocycles. The highest BCUT2D eigenvalue weighted by Gasteiger charge is 2.48. The van der Waals surface area contributed by atoms with Crippen molar-refractivity contribution in [2.45, 2.75) is 30.8 Å². The molecular formula is C23H28FNO3. The zero-order valence-corrected chi connectivity index (χ0v) is 16.0. The lowest BCUT2D eigenvalue weighted by Gasteiger charge is -2.27. The maximum atomic E-state index is 13.1. The van der Waals surface area contributed by atoms with Crippen LogP contribution in [0.5, 0.6) is 5.75 Å². The van der Waals surface area contributed by atoms with E-state index in [0.717, 1.165) is 43.6 Å². The standard InChI is InChI=1S/C23H28FNO3/c24-21-5-1-16(2-6-21)9-23(28)10-18-12-25(13-19(18)11-23)14-20(15-26)17-3-7-22(27)8-4-17/h1-8,18-20,26-28H,9-15H2/t18-,19+,20-,23-/m1/s1. The second kappa shape index (κ2) is 7.82. The smallest absolute Gasteiger partial charge is 0.123 e. The predicted octanol–water partition coefficient (Wildman–Crippen LogP) is 2.92. The van der Waals surface area contributed by atoms with Gasteiger partial charge in [0.25, 0.3) is 0 Å². The lowest BCUT2D eigenvalue weighted by Crippen LogP contribution is -2.34. The third kappa shape index (κ3) is 4.22. The molecule has 0 spiro atoms. The number of halogens is 1. The van der Waals surface area contributed by atoms with Gasteiger partial charge in [-0.15, -0.1) is 0 Å². The molecule has 28 heavy (non-hydrogen) atoms. The molecule has 4 nitrogen and oxygen atoms in total. The Labute approximate surface area is 165 Å². The zero-order chi connectivity index (χ0) is 19.7. The number of aliphatic hydroxyl groups excluding tert-OH is 1. The lowest BCUT2D eigenvalue weighted by molar-refractivity contribution is 0.0349. The van der Waals surface area contributed by atoms with Crippen molar-refractivity contribution in [2.24, 2.45) is 11.8 Å². The summed E-state index contributed by atoms with van der Waals surface area (Å²) in [6.45, 7) is 2.73. The normalized spacial score (nSPS) is 28.4. The van der Waals surface area contributed by atoms with Crippen molar-refractivity contribution >= 4 is 0 Å². The van der Waals surface area contributed by atoms with E-state index >= 15 is 0 Å². The van der Waals surface area contributed by atoms with Crippen LogP contribution in [0.2, 0.25) is 0 Å². The second-order valence-electron chi connectivity index (χ2n) is 8.65. The van der Waals surface area contributed by atoms with Gasteiger partial charge in [-0.05, 0) is 60.1 Å². The molecular weight excluding hydrogens is 357 g/mol. The van der Waals surface area contributed by atoms with Gasteiger partial charge in [0.05, 0.1) is 12.2 Å². The van der Waals surface area contributed by atoms with Gasteiger partial charge >= 0.3 is 0 Å². The van der Waals surface area contributed by atoms with Crippen molar-refractivity contribution in [3.05, 3.63) is 65.5 Å². The number of likely N-dealkylation sites (tertiary alicyclic amines) is 1. The highest BCUT2D eigenvalue weighted by atomic mass is 19.1. The van der Waals surface area contributed by atoms with Crippen molar-refractivity contribution in [2.75, 3.05) is 26.2 Å². The van der Waals surface area contributed by atoms with E-state index in [2.05, 4.69) is 4.90 Å². The van der Waals surface area contributed by atoms with E-state index in [1.165, 1.54) is 12.1 Å². The number of fused-ring (bicyclic) bond motifs is 1. The van der Waals surface area contributed by atoms with Gasteiger partial charge in [-0.1, -0.05) is 24.3 Å². The van der Waals surface area contributed by atoms with Crippen molar-refractivity contribution in [3.8, 4) is 5.75 Å². The first-order chi connectivity index (χ1) is 13.4. The largest absolute Gasteiger partial charge is 0.508 e. The molecule has 5 heteroatoms. The van der Waals surface area contributed by atoms with E-state index in [1.807, 2.05) is 12.1 Å². The Morgan fingerprint density at radius 3 is 2.18 bits per heavy atom. The molecule has 2 aromatic rings. The van der Waals surface area contributed by atoms with Crippen LogP contribution >= 0.6 is 0 Å². The topological polar surface area (TPSA) is 63.9 Å². The highest BCUT2D eigenvalue weighted by molar-refractivity contribution is 5.28. The Kier molecular flexibility index (Phi) is 5.41. The van der Waals surface area contributed by atoms with Gasteiger partial charge in [0.15, 0.2) is 0 Å². The summed E-state index contributed by atoms with van der Waals surface area (Å²) >= 11 is 0. The molecule has 1 saturated carbocycles. The van der Waals surface area contributed by atoms with Crippen LogP contribution in [0.1, 0.15) is 29.9 Å². The van der Waals surface area contributed by atoms with E-state index in [0.29, 0.717) is 18.3 Å². The van der Waals surface area contributed by atoms with Crippen LogP contribution in [0.4, 0.5) is 4.39 Å². The van der Waals surface area contributed by atoms with Gasteiger partial charge in [0.1, 0.15) is 11.6 Å². The number of phenolic OH excluding ortho intramolecular Hbond substituents is 1. The maximum absolute atomic E-state index is 13.1. The molecule has 0 bridgehead atoms. The van der Waals surface area contributed by atoms with Gasteiger partial charge in [-0.3, -0.25) is 0 Å². The van der Waals surface area contributed by atoms with Gasteiger partial charge in [0.2, 0.25) is 0 Å². The molecule has 150 valence electrons. The summed E-state index contributed by atoms with van der Waals surface area (Å²) in [5, 5.41) is 30.3. The van der Waals surface area contributed by atoms with Crippen molar-refractivity contribution in [1.29, 1.82) is 0 Å². The number of hydrogen-bond acceptors (Lipinski definition) is 4. The molecule has 1 aliphatic heterocycles. The van der Waals surface area contributed by atoms with E-state index in [9.17, 15) is 19.7 Å². The maximum Gasteiger partial charge on any atom is 0.123 e. The first-order valence-corrected chi connectivity index (χ1v) is 10.0. The highest BCUT2D eigenvalue weighted by Crippen LogP contribution is 2.45. The molecule has 2 aromatic carbocycles. The van der Waals surface area contributed by atoms with Crippen molar-refractivity contribution in [3.63, 3.8) is 0 Å². The van der Waals surface area contributed by atoms with Crippen LogP contribution in [0.3, 0.4) is 0 Å². The lowest BCUT2D eigenvalue weighted by atomic mass is 9.91. The third-order valence-corrected chi connectivity index (χ3v) is 6.45. The Balaban J connectivity index is 1.34. The predicted molar refractivity (Wildman–Crippen MR) is 106 cm³/mol. The molecule has 2 aliphatic rings. The van der Waals surface area contributed by atoms with Crippen LogP contribution in [0.15, 0.2) is 48.5 Å². The Morgan fingerprint density at radius 1 is 1.00 bits per heavy atom. The van der Waals surface area contributed by atoms with Crippen molar-refractivity contribution in [1.82, 2.24) is 4.90 Å². The number of phenols is 1. The van der Waals surface area contributed by atoms with E-state index in [4.69, 9.17) is 0 Å². The fourth-order valence-electron chi connectivity index (χ4n) is 5.16. The van der Waals surface area contributed by atoms with Crippen LogP contribution in [0, 0.1) is 17.7 Å². The summed E-state index contributed by atoms with van der Waals surface area (Å²) < 4.78 is 13.1. The minimum Gasteiger partial charge on any atom is -0.508 e. The number of nitrogens with zero attached hydrogens (tertiary/aromatic N) is 1. The number of hydrogen-bond donors (Lipinski definition) is 3. The SMILES string of the molecule is OC[C@@H](CN1C[C@@H]2C[C@@](O)(Cc3ccc(F)cc3)C[C@@H]2C1)c1ccc(O)cc1. The number of rotatable bonds is 6. The summed E-state index contributed by atoms with van der Waals surface area (Å²) in [6, 6.07) is 13.5. The molecule has 4 atom stereocenters. The zero-order valence-electron chi connectivity index (χ0n) is 16.0. The van der Waals surface area contributed by atoms with Crippen LogP contribution in [-0.2, 0) is 6.42 Å². The molecule has 0 aromatic heterocycles. The van der Waals surface area contributed by atoms with Crippen LogP contribution in [-0.4, -0.2) is 52.1 Å². The molecule has 0 radical (unpaired) electrons. The van der Waals surface area contributed by atoms with E-state index in [-0.39, 0.29) is 24.1 Å². The van der Waals surface area contributed by atoms with Gasteiger partial charge in [-0.25, -0.2) is 4.39 Å². The Hall–Kier alpha value is -1.95.